The maximum Gasteiger partial charge on any atom is 0.331 e. The van der Waals surface area contributed by atoms with E-state index in [2.05, 4.69) is 17.0 Å². The Morgan fingerprint density at radius 3 is 1.96 bits per heavy atom. The highest BCUT2D eigenvalue weighted by Gasteiger charge is 2.16. The highest BCUT2D eigenvalue weighted by atomic mass is 35.5. The number of nitrogens with zero attached hydrogens (tertiary/aromatic N) is 2. The molecule has 4 rings (SSSR count). The van der Waals surface area contributed by atoms with Gasteiger partial charge in [0.15, 0.2) is 5.78 Å². The van der Waals surface area contributed by atoms with Gasteiger partial charge in [0.2, 0.25) is 0 Å². The molecule has 0 spiro atoms. The second kappa shape index (κ2) is 16.6. The van der Waals surface area contributed by atoms with Crippen molar-refractivity contribution in [3.05, 3.63) is 147 Å². The summed E-state index contributed by atoms with van der Waals surface area (Å²) in [7, 11) is 0. The highest BCUT2D eigenvalue weighted by Crippen LogP contribution is 2.35. The van der Waals surface area contributed by atoms with Crippen LogP contribution in [0.3, 0.4) is 0 Å². The average Bonchev–Trinajstić information content (AvgIpc) is 3.04. The van der Waals surface area contributed by atoms with Gasteiger partial charge in [-0.05, 0) is 110 Å². The smallest absolute Gasteiger partial charge is 0.318 e. The fraction of sp³-hybridized carbons (Fsp3) is 0.184. The van der Waals surface area contributed by atoms with Gasteiger partial charge >= 0.3 is 5.97 Å². The molecule has 0 aliphatic carbocycles. The molecule has 0 aromatic heterocycles. The first kappa shape index (κ1) is 33.5. The second-order valence-electron chi connectivity index (χ2n) is 10.5. The molecule has 0 heterocycles. The van der Waals surface area contributed by atoms with E-state index in [0.717, 1.165) is 45.4 Å². The summed E-state index contributed by atoms with van der Waals surface area (Å²) in [5.41, 5.74) is 6.72. The summed E-state index contributed by atoms with van der Waals surface area (Å²) >= 11 is 7.68. The summed E-state index contributed by atoms with van der Waals surface area (Å²) in [6, 6.07) is 33.5. The molecule has 4 aromatic carbocycles. The minimum absolute atomic E-state index is 0.00152. The topological polar surface area (TPSA) is 59.0 Å². The van der Waals surface area contributed by atoms with Crippen LogP contribution in [-0.4, -0.2) is 23.2 Å². The molecular formula is C38H37ClN2O3S. The number of oxime groups is 1. The lowest BCUT2D eigenvalue weighted by Crippen LogP contribution is -2.11. The summed E-state index contributed by atoms with van der Waals surface area (Å²) in [5.74, 6) is 0.431. The first-order valence-electron chi connectivity index (χ1n) is 14.8. The second-order valence-corrected chi connectivity index (χ2v) is 12.4. The average molecular weight is 637 g/mol. The van der Waals surface area contributed by atoms with E-state index in [1.807, 2.05) is 129 Å². The van der Waals surface area contributed by atoms with E-state index in [0.29, 0.717) is 23.3 Å². The number of para-hydroxylation sites is 1. The third-order valence-corrected chi connectivity index (χ3v) is 8.18. The number of carbonyl (C=O) groups is 2. The van der Waals surface area contributed by atoms with Crippen molar-refractivity contribution in [2.24, 2.45) is 5.16 Å². The van der Waals surface area contributed by atoms with Crippen LogP contribution < -0.4 is 4.90 Å². The number of hydrogen-bond acceptors (Lipinski definition) is 6. The Morgan fingerprint density at radius 2 is 1.36 bits per heavy atom. The van der Waals surface area contributed by atoms with Crippen LogP contribution in [0.4, 0.5) is 17.1 Å². The van der Waals surface area contributed by atoms with Crippen molar-refractivity contribution in [3.8, 4) is 0 Å². The molecule has 7 heteroatoms. The van der Waals surface area contributed by atoms with E-state index in [4.69, 9.17) is 16.4 Å². The van der Waals surface area contributed by atoms with Crippen LogP contribution in [0.15, 0.2) is 130 Å². The van der Waals surface area contributed by atoms with Gasteiger partial charge in [-0.1, -0.05) is 77.4 Å². The molecule has 0 amide bonds. The number of allylic oxidation sites excluding steroid dienone is 4. The van der Waals surface area contributed by atoms with E-state index in [-0.39, 0.29) is 5.78 Å². The van der Waals surface area contributed by atoms with Gasteiger partial charge in [-0.15, -0.1) is 11.8 Å². The Hall–Kier alpha value is -4.39. The van der Waals surface area contributed by atoms with Crippen molar-refractivity contribution in [2.75, 3.05) is 10.7 Å². The van der Waals surface area contributed by atoms with Gasteiger partial charge in [0.25, 0.3) is 0 Å². The number of rotatable bonds is 13. The van der Waals surface area contributed by atoms with Crippen LogP contribution in [0.2, 0.25) is 0 Å². The lowest BCUT2D eigenvalue weighted by atomic mass is 9.99. The zero-order valence-corrected chi connectivity index (χ0v) is 27.6. The van der Waals surface area contributed by atoms with E-state index in [1.165, 1.54) is 11.8 Å². The Morgan fingerprint density at radius 1 is 0.778 bits per heavy atom. The van der Waals surface area contributed by atoms with Crippen LogP contribution in [-0.2, 0) is 9.63 Å². The van der Waals surface area contributed by atoms with Crippen molar-refractivity contribution in [1.82, 2.24) is 0 Å². The molecule has 0 fully saturated rings. The lowest BCUT2D eigenvalue weighted by Gasteiger charge is -2.26. The third-order valence-electron chi connectivity index (χ3n) is 6.97. The molecule has 0 unspecified atom stereocenters. The number of thioether (sulfide) groups is 1. The van der Waals surface area contributed by atoms with Gasteiger partial charge in [-0.2, -0.15) is 0 Å². The number of hydrogen-bond donors (Lipinski definition) is 0. The van der Waals surface area contributed by atoms with Crippen molar-refractivity contribution < 1.29 is 14.4 Å². The number of carbonyl (C=O) groups excluding carboxylic acids is 2. The number of ketones is 1. The molecule has 0 N–H and O–H groups in total. The zero-order chi connectivity index (χ0) is 32.2. The number of benzene rings is 4. The maximum atomic E-state index is 13.2. The molecular weight excluding hydrogens is 600 g/mol. The van der Waals surface area contributed by atoms with E-state index >= 15 is 0 Å². The quantitative estimate of drug-likeness (QED) is 0.0365. The molecule has 0 saturated carbocycles. The summed E-state index contributed by atoms with van der Waals surface area (Å²) in [6.45, 7) is 7.20. The molecule has 0 radical (unpaired) electrons. The lowest BCUT2D eigenvalue weighted by molar-refractivity contribution is -0.140. The molecule has 45 heavy (non-hydrogen) atoms. The van der Waals surface area contributed by atoms with Gasteiger partial charge in [-0.25, -0.2) is 4.79 Å². The monoisotopic (exact) mass is 636 g/mol. The highest BCUT2D eigenvalue weighted by molar-refractivity contribution is 8.03. The maximum absolute atomic E-state index is 13.2. The number of halogens is 1. The summed E-state index contributed by atoms with van der Waals surface area (Å²) in [4.78, 5) is 33.1. The minimum atomic E-state index is -0.458. The molecule has 0 aliphatic rings. The van der Waals surface area contributed by atoms with E-state index in [9.17, 15) is 9.59 Å². The molecule has 0 saturated heterocycles. The van der Waals surface area contributed by atoms with Crippen LogP contribution >= 0.6 is 23.4 Å². The Balaban J connectivity index is 1.57. The fourth-order valence-corrected chi connectivity index (χ4v) is 5.53. The molecule has 230 valence electrons. The molecule has 0 aliphatic heterocycles. The van der Waals surface area contributed by atoms with Gasteiger partial charge < -0.3 is 9.74 Å². The minimum Gasteiger partial charge on any atom is -0.318 e. The molecule has 5 nitrogen and oxygen atoms in total. The van der Waals surface area contributed by atoms with E-state index < -0.39 is 5.97 Å². The Kier molecular flexibility index (Phi) is 12.4. The molecule has 0 atom stereocenters. The number of anilines is 3. The fourth-order valence-electron chi connectivity index (χ4n) is 4.69. The summed E-state index contributed by atoms with van der Waals surface area (Å²) in [5, 5.41) is 4.93. The normalized spacial score (nSPS) is 12.2. The summed E-state index contributed by atoms with van der Waals surface area (Å²) in [6.07, 6.45) is 5.39. The largest absolute Gasteiger partial charge is 0.331 e. The standard InChI is InChI=1S/C38H37ClN2O3S/c1-27-11-8-9-14-36(27)38(43)32-20-24-35(25-21-32)41(33-12-6-5-7-13-33)34-22-18-31(19-23-34)37(40-44-30(4)42)15-10-26-45-29(3)17-16-28(2)39/h5-9,11-14,16-25H,10,15,26H2,1-4H3. The van der Waals surface area contributed by atoms with Crippen LogP contribution in [0.5, 0.6) is 0 Å². The zero-order valence-electron chi connectivity index (χ0n) is 26.0. The van der Waals surface area contributed by atoms with Crippen LogP contribution in [0.1, 0.15) is 60.7 Å². The first-order chi connectivity index (χ1) is 21.7. The van der Waals surface area contributed by atoms with E-state index in [1.54, 1.807) is 11.8 Å². The Bertz CT molecular complexity index is 1690. The van der Waals surface area contributed by atoms with Crippen LogP contribution in [0.25, 0.3) is 0 Å². The summed E-state index contributed by atoms with van der Waals surface area (Å²) < 4.78 is 0. The molecule has 4 aromatic rings. The van der Waals surface area contributed by atoms with Crippen molar-refractivity contribution >= 4 is 57.9 Å². The van der Waals surface area contributed by atoms with Gasteiger partial charge in [-0.3, -0.25) is 4.79 Å². The third kappa shape index (κ3) is 9.80. The van der Waals surface area contributed by atoms with Gasteiger partial charge in [0.1, 0.15) is 0 Å². The van der Waals surface area contributed by atoms with Crippen molar-refractivity contribution in [2.45, 2.75) is 40.5 Å². The van der Waals surface area contributed by atoms with Crippen molar-refractivity contribution in [3.63, 3.8) is 0 Å². The predicted octanol–water partition coefficient (Wildman–Crippen LogP) is 10.5. The Labute approximate surface area is 275 Å². The van der Waals surface area contributed by atoms with Gasteiger partial charge in [0.05, 0.1) is 5.71 Å². The SMILES string of the molecule is CC(=O)ON=C(CCCSC(C)=CC=C(C)Cl)c1ccc(N(c2ccccc2)c2ccc(C(=O)c3ccccc3C)cc2)cc1. The predicted molar refractivity (Wildman–Crippen MR) is 189 cm³/mol. The van der Waals surface area contributed by atoms with Gasteiger partial charge in [0, 0.05) is 40.1 Å². The van der Waals surface area contributed by atoms with Crippen LogP contribution in [0, 0.1) is 6.92 Å². The number of aryl methyl sites for hydroxylation is 1. The van der Waals surface area contributed by atoms with Crippen molar-refractivity contribution in [1.29, 1.82) is 0 Å². The first-order valence-corrected chi connectivity index (χ1v) is 16.1. The molecule has 0 bridgehead atoms.